The van der Waals surface area contributed by atoms with Crippen LogP contribution >= 0.6 is 0 Å². The van der Waals surface area contributed by atoms with Crippen LogP contribution in [0.15, 0.2) is 54.6 Å². The van der Waals surface area contributed by atoms with Gasteiger partial charge in [-0.3, -0.25) is 0 Å². The Kier molecular flexibility index (Phi) is 3.08. The summed E-state index contributed by atoms with van der Waals surface area (Å²) >= 11 is 0. The molecule has 23 heavy (non-hydrogen) atoms. The zero-order chi connectivity index (χ0) is 15.8. The van der Waals surface area contributed by atoms with E-state index in [0.29, 0.717) is 5.52 Å². The summed E-state index contributed by atoms with van der Waals surface area (Å²) in [5, 5.41) is 10.8. The Morgan fingerprint density at radius 1 is 0.913 bits per heavy atom. The minimum absolute atomic E-state index is 0.195. The topological polar surface area (TPSA) is 50.9 Å². The van der Waals surface area contributed by atoms with Crippen molar-refractivity contribution in [3.63, 3.8) is 0 Å². The van der Waals surface area contributed by atoms with E-state index in [1.807, 2.05) is 72.3 Å². The molecule has 0 unspecified atom stereocenters. The molecule has 2 aromatic carbocycles. The molecule has 0 atom stereocenters. The molecule has 1 N–H and O–H groups in total. The monoisotopic (exact) mass is 301 g/mol. The molecule has 0 aliphatic carbocycles. The predicted octanol–water partition coefficient (Wildman–Crippen LogP) is 4.00. The number of phenols is 1. The van der Waals surface area contributed by atoms with Gasteiger partial charge >= 0.3 is 0 Å². The van der Waals surface area contributed by atoms with Gasteiger partial charge in [0.05, 0.1) is 16.7 Å². The lowest BCUT2D eigenvalue weighted by molar-refractivity contribution is 0.480. The summed E-state index contributed by atoms with van der Waals surface area (Å²) in [4.78, 5) is 9.11. The third kappa shape index (κ3) is 2.34. The first kappa shape index (κ1) is 13.5. The second-order valence-electron chi connectivity index (χ2n) is 5.44. The molecular weight excluding hydrogens is 286 g/mol. The van der Waals surface area contributed by atoms with Gasteiger partial charge in [-0.1, -0.05) is 30.3 Å². The molecule has 0 radical (unpaired) electrons. The van der Waals surface area contributed by atoms with Gasteiger partial charge in [-0.2, -0.15) is 0 Å². The fourth-order valence-electron chi connectivity index (χ4n) is 2.71. The molecule has 0 bridgehead atoms. The van der Waals surface area contributed by atoms with E-state index in [-0.39, 0.29) is 5.75 Å². The number of hydrogen-bond donors (Lipinski definition) is 1. The lowest BCUT2D eigenvalue weighted by Gasteiger charge is -2.01. The van der Waals surface area contributed by atoms with Crippen molar-refractivity contribution in [1.82, 2.24) is 14.5 Å². The SMILES string of the molecule is Cn1c(/C=C/c2ccc3cccc(O)c3n2)nc2ccccc21. The lowest BCUT2D eigenvalue weighted by Crippen LogP contribution is -1.91. The smallest absolute Gasteiger partial charge is 0.141 e. The Morgan fingerprint density at radius 2 is 1.78 bits per heavy atom. The molecule has 2 heterocycles. The highest BCUT2D eigenvalue weighted by molar-refractivity contribution is 5.86. The van der Waals surface area contributed by atoms with Crippen molar-refractivity contribution in [3.8, 4) is 5.75 Å². The number of para-hydroxylation sites is 3. The largest absolute Gasteiger partial charge is 0.506 e. The molecule has 4 heteroatoms. The fraction of sp³-hybridized carbons (Fsp3) is 0.0526. The van der Waals surface area contributed by atoms with Crippen LogP contribution in [0.1, 0.15) is 11.5 Å². The molecule has 112 valence electrons. The molecule has 0 amide bonds. The average molecular weight is 301 g/mol. The van der Waals surface area contributed by atoms with Gasteiger partial charge in [0.15, 0.2) is 0 Å². The van der Waals surface area contributed by atoms with Crippen LogP contribution < -0.4 is 0 Å². The normalized spacial score (nSPS) is 11.7. The maximum Gasteiger partial charge on any atom is 0.141 e. The fourth-order valence-corrected chi connectivity index (χ4v) is 2.71. The number of aromatic hydroxyl groups is 1. The van der Waals surface area contributed by atoms with Crippen molar-refractivity contribution in [2.45, 2.75) is 0 Å². The molecule has 0 saturated carbocycles. The van der Waals surface area contributed by atoms with E-state index in [0.717, 1.165) is 27.9 Å². The molecule has 0 saturated heterocycles. The van der Waals surface area contributed by atoms with Crippen LogP contribution in [-0.2, 0) is 7.05 Å². The van der Waals surface area contributed by atoms with Crippen molar-refractivity contribution >= 4 is 34.1 Å². The molecule has 0 spiro atoms. The quantitative estimate of drug-likeness (QED) is 0.609. The Hall–Kier alpha value is -3.14. The number of aromatic nitrogens is 3. The predicted molar refractivity (Wildman–Crippen MR) is 93.0 cm³/mol. The standard InChI is InChI=1S/C19H15N3O/c1-22-16-7-3-2-6-15(16)21-18(22)12-11-14-10-9-13-5-4-8-17(23)19(13)20-14/h2-12,23H,1H3/b12-11+. The number of aryl methyl sites for hydroxylation is 1. The minimum atomic E-state index is 0.195. The van der Waals surface area contributed by atoms with Crippen LogP contribution in [0.5, 0.6) is 5.75 Å². The van der Waals surface area contributed by atoms with Crippen molar-refractivity contribution < 1.29 is 5.11 Å². The van der Waals surface area contributed by atoms with Gasteiger partial charge in [-0.25, -0.2) is 9.97 Å². The van der Waals surface area contributed by atoms with Crippen LogP contribution in [0.3, 0.4) is 0 Å². The summed E-state index contributed by atoms with van der Waals surface area (Å²) in [5.41, 5.74) is 3.46. The molecular formula is C19H15N3O. The summed E-state index contributed by atoms with van der Waals surface area (Å²) in [6, 6.07) is 17.3. The number of pyridine rings is 1. The van der Waals surface area contributed by atoms with Gasteiger partial charge in [0, 0.05) is 12.4 Å². The first-order chi connectivity index (χ1) is 11.2. The highest BCUT2D eigenvalue weighted by atomic mass is 16.3. The van der Waals surface area contributed by atoms with Gasteiger partial charge in [0.25, 0.3) is 0 Å². The number of benzene rings is 2. The van der Waals surface area contributed by atoms with E-state index in [1.54, 1.807) is 6.07 Å². The van der Waals surface area contributed by atoms with Crippen LogP contribution in [0.2, 0.25) is 0 Å². The summed E-state index contributed by atoms with van der Waals surface area (Å²) in [6.45, 7) is 0. The van der Waals surface area contributed by atoms with Gasteiger partial charge in [-0.15, -0.1) is 0 Å². The maximum absolute atomic E-state index is 9.92. The van der Waals surface area contributed by atoms with Gasteiger partial charge in [-0.05, 0) is 36.4 Å². The van der Waals surface area contributed by atoms with E-state index >= 15 is 0 Å². The van der Waals surface area contributed by atoms with Gasteiger partial charge in [0.2, 0.25) is 0 Å². The second kappa shape index (κ2) is 5.25. The summed E-state index contributed by atoms with van der Waals surface area (Å²) < 4.78 is 2.05. The maximum atomic E-state index is 9.92. The van der Waals surface area contributed by atoms with Crippen molar-refractivity contribution in [1.29, 1.82) is 0 Å². The molecule has 4 nitrogen and oxygen atoms in total. The number of nitrogens with zero attached hydrogens (tertiary/aromatic N) is 3. The van der Waals surface area contributed by atoms with E-state index in [1.165, 1.54) is 0 Å². The van der Waals surface area contributed by atoms with Crippen LogP contribution in [-0.4, -0.2) is 19.6 Å². The molecule has 0 aliphatic rings. The number of rotatable bonds is 2. The molecule has 4 aromatic rings. The van der Waals surface area contributed by atoms with Crippen molar-refractivity contribution in [3.05, 3.63) is 66.1 Å². The van der Waals surface area contributed by atoms with Crippen molar-refractivity contribution in [2.75, 3.05) is 0 Å². The highest BCUT2D eigenvalue weighted by Crippen LogP contribution is 2.23. The van der Waals surface area contributed by atoms with Gasteiger partial charge in [0.1, 0.15) is 17.1 Å². The summed E-state index contributed by atoms with van der Waals surface area (Å²) in [6.07, 6.45) is 3.85. The Balaban J connectivity index is 1.75. The number of phenolic OH excluding ortho intramolecular Hbond substituents is 1. The average Bonchev–Trinajstić information content (AvgIpc) is 2.90. The molecule has 2 aromatic heterocycles. The second-order valence-corrected chi connectivity index (χ2v) is 5.44. The third-order valence-electron chi connectivity index (χ3n) is 3.95. The van der Waals surface area contributed by atoms with Crippen LogP contribution in [0, 0.1) is 0 Å². The van der Waals surface area contributed by atoms with Crippen LogP contribution in [0.25, 0.3) is 34.1 Å². The molecule has 0 aliphatic heterocycles. The molecule has 0 fully saturated rings. The van der Waals surface area contributed by atoms with E-state index in [2.05, 4.69) is 9.97 Å². The van der Waals surface area contributed by atoms with Crippen molar-refractivity contribution in [2.24, 2.45) is 7.05 Å². The van der Waals surface area contributed by atoms with Gasteiger partial charge < -0.3 is 9.67 Å². The Morgan fingerprint density at radius 3 is 2.65 bits per heavy atom. The zero-order valence-electron chi connectivity index (χ0n) is 12.6. The van der Waals surface area contributed by atoms with E-state index < -0.39 is 0 Å². The number of fused-ring (bicyclic) bond motifs is 2. The Labute approximate surface area is 133 Å². The highest BCUT2D eigenvalue weighted by Gasteiger charge is 2.04. The first-order valence-corrected chi connectivity index (χ1v) is 7.41. The lowest BCUT2D eigenvalue weighted by atomic mass is 10.2. The number of hydrogen-bond acceptors (Lipinski definition) is 3. The number of imidazole rings is 1. The molecule has 4 rings (SSSR count). The van der Waals surface area contributed by atoms with Crippen LogP contribution in [0.4, 0.5) is 0 Å². The minimum Gasteiger partial charge on any atom is -0.506 e. The van der Waals surface area contributed by atoms with E-state index in [9.17, 15) is 5.11 Å². The third-order valence-corrected chi connectivity index (χ3v) is 3.95. The summed E-state index contributed by atoms with van der Waals surface area (Å²) in [7, 11) is 1.99. The Bertz CT molecular complexity index is 1050. The van der Waals surface area contributed by atoms with E-state index in [4.69, 9.17) is 0 Å². The first-order valence-electron chi connectivity index (χ1n) is 7.41. The summed E-state index contributed by atoms with van der Waals surface area (Å²) in [5.74, 6) is 1.06. The zero-order valence-corrected chi connectivity index (χ0v) is 12.6.